The van der Waals surface area contributed by atoms with E-state index in [1.165, 1.54) is 31.3 Å². The molecule has 2 aliphatic heterocycles. The molecule has 1 aromatic carbocycles. The Morgan fingerprint density at radius 3 is 2.53 bits per heavy atom. The van der Waals surface area contributed by atoms with Crippen molar-refractivity contribution in [1.82, 2.24) is 0 Å². The van der Waals surface area contributed by atoms with Crippen LogP contribution in [0.15, 0.2) is 42.0 Å². The van der Waals surface area contributed by atoms with Crippen molar-refractivity contribution in [2.24, 2.45) is 46.3 Å². The molecule has 1 aromatic rings. The summed E-state index contributed by atoms with van der Waals surface area (Å²) >= 11 is 0. The molecule has 0 amide bonds. The Bertz CT molecular complexity index is 1130. The number of allylic oxidation sites excluding steroid dienone is 1. The lowest BCUT2D eigenvalue weighted by Gasteiger charge is -2.59. The van der Waals surface area contributed by atoms with Gasteiger partial charge in [0.05, 0.1) is 12.7 Å². The maximum Gasteiger partial charge on any atom is 0.194 e. The van der Waals surface area contributed by atoms with Crippen molar-refractivity contribution >= 4 is 5.78 Å². The summed E-state index contributed by atoms with van der Waals surface area (Å²) in [6.07, 6.45) is 11.7. The van der Waals surface area contributed by atoms with Crippen molar-refractivity contribution in [3.05, 3.63) is 47.5 Å². The summed E-state index contributed by atoms with van der Waals surface area (Å²) in [5.41, 5.74) is 1.08. The predicted molar refractivity (Wildman–Crippen MR) is 147 cm³/mol. The Hall–Kier alpha value is -1.49. The summed E-state index contributed by atoms with van der Waals surface area (Å²) in [7, 11) is 0. The second kappa shape index (κ2) is 8.51. The van der Waals surface area contributed by atoms with E-state index in [-0.39, 0.29) is 17.0 Å². The van der Waals surface area contributed by atoms with Gasteiger partial charge in [-0.25, -0.2) is 0 Å². The molecule has 0 radical (unpaired) electrons. The molecule has 38 heavy (non-hydrogen) atoms. The molecule has 206 valence electrons. The number of fused-ring (bicyclic) bond motifs is 7. The molecule has 2 unspecified atom stereocenters. The summed E-state index contributed by atoms with van der Waals surface area (Å²) in [6.45, 7) is 10.6. The Kier molecular flexibility index (Phi) is 5.70. The van der Waals surface area contributed by atoms with E-state index < -0.39 is 5.60 Å². The fraction of sp³-hybridized carbons (Fsp3) is 0.735. The predicted octanol–water partition coefficient (Wildman–Crippen LogP) is 6.97. The zero-order valence-corrected chi connectivity index (χ0v) is 23.7. The van der Waals surface area contributed by atoms with Gasteiger partial charge in [-0.05, 0) is 85.4 Å². The largest absolute Gasteiger partial charge is 0.381 e. The first-order valence-corrected chi connectivity index (χ1v) is 15.4. The number of benzene rings is 1. The number of rotatable bonds is 2. The van der Waals surface area contributed by atoms with Crippen LogP contribution >= 0.6 is 0 Å². The third kappa shape index (κ3) is 3.42. The number of carbonyl (C=O) groups is 1. The van der Waals surface area contributed by atoms with Crippen molar-refractivity contribution in [2.45, 2.75) is 103 Å². The molecule has 2 heterocycles. The normalized spacial score (nSPS) is 51.5. The highest BCUT2D eigenvalue weighted by atomic mass is 16.7. The van der Waals surface area contributed by atoms with Gasteiger partial charge in [0.25, 0.3) is 0 Å². The molecule has 4 heteroatoms. The topological polar surface area (TPSA) is 55.8 Å². The highest BCUT2D eigenvalue weighted by Crippen LogP contribution is 2.71. The third-order valence-corrected chi connectivity index (χ3v) is 12.9. The Morgan fingerprint density at radius 1 is 1.00 bits per heavy atom. The maximum absolute atomic E-state index is 13.4. The van der Waals surface area contributed by atoms with Crippen molar-refractivity contribution in [1.29, 1.82) is 0 Å². The van der Waals surface area contributed by atoms with Crippen LogP contribution in [0.3, 0.4) is 0 Å². The van der Waals surface area contributed by atoms with Crippen molar-refractivity contribution in [3.8, 4) is 0 Å². The van der Waals surface area contributed by atoms with Gasteiger partial charge >= 0.3 is 0 Å². The van der Waals surface area contributed by atoms with Gasteiger partial charge in [-0.15, -0.1) is 0 Å². The zero-order chi connectivity index (χ0) is 26.5. The average molecular weight is 519 g/mol. The van der Waals surface area contributed by atoms with Gasteiger partial charge in [-0.1, -0.05) is 69.7 Å². The molecule has 6 aliphatic rings. The number of hydrogen-bond donors (Lipinski definition) is 1. The Labute approximate surface area is 228 Å². The summed E-state index contributed by atoms with van der Waals surface area (Å²) in [4.78, 5) is 13.4. The minimum atomic E-state index is -1.28. The summed E-state index contributed by atoms with van der Waals surface area (Å²) in [6, 6.07) is 9.37. The number of ketones is 1. The van der Waals surface area contributed by atoms with Gasteiger partial charge in [0.15, 0.2) is 11.6 Å². The van der Waals surface area contributed by atoms with E-state index in [0.29, 0.717) is 65.4 Å². The minimum absolute atomic E-state index is 0.0848. The van der Waals surface area contributed by atoms with Gasteiger partial charge < -0.3 is 14.6 Å². The molecule has 4 aliphatic carbocycles. The smallest absolute Gasteiger partial charge is 0.194 e. The molecule has 1 N–H and O–H groups in total. The molecule has 4 nitrogen and oxygen atoms in total. The highest BCUT2D eigenvalue weighted by Gasteiger charge is 2.69. The van der Waals surface area contributed by atoms with Crippen molar-refractivity contribution < 1.29 is 19.4 Å². The standard InChI is InChI=1S/C34H46O4/c1-21-12-15-34(37-20-21)22(2)29-28(38-34)18-27-25-11-10-24-19-33(36,30(35)23-8-6-5-7-9-23)17-16-31(24,3)26(25)13-14-32(27,29)4/h5-10,21-22,25-29,36H,11-20H2,1-4H3/t21?,22-,25+,26-,27-,28-,29-,31-,32-,33?,34+/m0/s1. The number of hydrogen-bond acceptors (Lipinski definition) is 4. The fourth-order valence-electron chi connectivity index (χ4n) is 10.7. The van der Waals surface area contributed by atoms with Crippen LogP contribution in [-0.4, -0.2) is 35.0 Å². The molecule has 3 saturated carbocycles. The van der Waals surface area contributed by atoms with Gasteiger partial charge in [0.2, 0.25) is 0 Å². The third-order valence-electron chi connectivity index (χ3n) is 12.9. The van der Waals surface area contributed by atoms with Crippen LogP contribution in [0, 0.1) is 46.3 Å². The Balaban J connectivity index is 1.13. The van der Waals surface area contributed by atoms with Crippen LogP contribution in [0.2, 0.25) is 0 Å². The van der Waals surface area contributed by atoms with Gasteiger partial charge in [-0.2, -0.15) is 0 Å². The van der Waals surface area contributed by atoms with E-state index in [0.717, 1.165) is 25.9 Å². The molecule has 2 saturated heterocycles. The number of ether oxygens (including phenoxy) is 2. The number of carbonyl (C=O) groups excluding carboxylic acids is 1. The zero-order valence-electron chi connectivity index (χ0n) is 23.7. The molecular formula is C34H46O4. The molecule has 0 bridgehead atoms. The number of aliphatic hydroxyl groups is 1. The summed E-state index contributed by atoms with van der Waals surface area (Å²) in [5.74, 6) is 3.19. The van der Waals surface area contributed by atoms with Crippen LogP contribution in [0.25, 0.3) is 0 Å². The second-order valence-electron chi connectivity index (χ2n) is 14.7. The van der Waals surface area contributed by atoms with E-state index >= 15 is 0 Å². The molecule has 11 atom stereocenters. The van der Waals surface area contributed by atoms with Gasteiger partial charge in [0, 0.05) is 24.3 Å². The lowest BCUT2D eigenvalue weighted by atomic mass is 9.46. The first-order valence-electron chi connectivity index (χ1n) is 15.4. The van der Waals surface area contributed by atoms with Crippen LogP contribution < -0.4 is 0 Å². The van der Waals surface area contributed by atoms with E-state index in [1.54, 1.807) is 0 Å². The average Bonchev–Trinajstić information content (AvgIpc) is 3.36. The quantitative estimate of drug-likeness (QED) is 0.339. The van der Waals surface area contributed by atoms with Crippen molar-refractivity contribution in [2.75, 3.05) is 6.61 Å². The highest BCUT2D eigenvalue weighted by molar-refractivity contribution is 6.02. The lowest BCUT2D eigenvalue weighted by molar-refractivity contribution is -0.272. The second-order valence-corrected chi connectivity index (χ2v) is 14.7. The molecule has 1 spiro atoms. The molecule has 5 fully saturated rings. The molecular weight excluding hydrogens is 472 g/mol. The number of Topliss-reactive ketones (excluding diaryl/α,β-unsaturated/α-hetero) is 1. The van der Waals surface area contributed by atoms with Gasteiger partial charge in [-0.3, -0.25) is 4.79 Å². The van der Waals surface area contributed by atoms with E-state index in [4.69, 9.17) is 9.47 Å². The summed E-state index contributed by atoms with van der Waals surface area (Å²) in [5, 5.41) is 11.6. The monoisotopic (exact) mass is 518 g/mol. The van der Waals surface area contributed by atoms with E-state index in [2.05, 4.69) is 33.8 Å². The Morgan fingerprint density at radius 2 is 1.79 bits per heavy atom. The van der Waals surface area contributed by atoms with Crippen LogP contribution in [0.1, 0.15) is 95.8 Å². The first kappa shape index (κ1) is 25.5. The summed E-state index contributed by atoms with van der Waals surface area (Å²) < 4.78 is 13.4. The van der Waals surface area contributed by atoms with Crippen molar-refractivity contribution in [3.63, 3.8) is 0 Å². The van der Waals surface area contributed by atoms with Crippen LogP contribution in [-0.2, 0) is 9.47 Å². The minimum Gasteiger partial charge on any atom is -0.381 e. The maximum atomic E-state index is 13.4. The fourth-order valence-corrected chi connectivity index (χ4v) is 10.7. The van der Waals surface area contributed by atoms with Gasteiger partial charge in [0.1, 0.15) is 5.60 Å². The van der Waals surface area contributed by atoms with Crippen LogP contribution in [0.4, 0.5) is 0 Å². The SMILES string of the molecule is CC1CC[C@@]2(OC1)O[C@H]1C[C@H]3[C@@H]4CC=C5CC(O)(C(=O)c6ccccc6)CC[C@]5(C)[C@H]4CC[C@]3(C)[C@H]1[C@@H]2C. The first-order chi connectivity index (χ1) is 18.1. The van der Waals surface area contributed by atoms with E-state index in [9.17, 15) is 9.90 Å². The molecule has 0 aromatic heterocycles. The lowest BCUT2D eigenvalue weighted by Crippen LogP contribution is -2.54. The van der Waals surface area contributed by atoms with E-state index in [1.807, 2.05) is 30.3 Å². The molecule has 7 rings (SSSR count). The van der Waals surface area contributed by atoms with Crippen LogP contribution in [0.5, 0.6) is 0 Å².